The molecule has 4 aromatic rings. The minimum absolute atomic E-state index is 0.186. The van der Waals surface area contributed by atoms with E-state index in [0.717, 1.165) is 11.6 Å². The molecule has 0 atom stereocenters. The highest BCUT2D eigenvalue weighted by Crippen LogP contribution is 2.35. The Morgan fingerprint density at radius 3 is 2.52 bits per heavy atom. The Morgan fingerprint density at radius 2 is 1.82 bits per heavy atom. The van der Waals surface area contributed by atoms with Gasteiger partial charge in [0.25, 0.3) is 5.91 Å². The molecule has 0 bridgehead atoms. The zero-order valence-electron chi connectivity index (χ0n) is 18.0. The monoisotopic (exact) mass is 461 g/mol. The number of hydrogen-bond acceptors (Lipinski definition) is 4. The van der Waals surface area contributed by atoms with Crippen molar-refractivity contribution in [2.45, 2.75) is 19.1 Å². The maximum atomic E-state index is 14.2. The molecule has 1 amide bonds. The van der Waals surface area contributed by atoms with Crippen molar-refractivity contribution in [2.24, 2.45) is 21.1 Å². The van der Waals surface area contributed by atoms with Crippen LogP contribution in [0.15, 0.2) is 24.4 Å². The first-order chi connectivity index (χ1) is 15.6. The number of fused-ring (bicyclic) bond motifs is 2. The van der Waals surface area contributed by atoms with Crippen molar-refractivity contribution in [3.63, 3.8) is 0 Å². The van der Waals surface area contributed by atoms with Crippen LogP contribution in [0.5, 0.6) is 0 Å². The van der Waals surface area contributed by atoms with E-state index in [1.165, 1.54) is 39.4 Å². The Bertz CT molecular complexity index is 1410. The van der Waals surface area contributed by atoms with Crippen LogP contribution >= 0.6 is 0 Å². The predicted molar refractivity (Wildman–Crippen MR) is 110 cm³/mol. The lowest BCUT2D eigenvalue weighted by atomic mass is 10.0. The lowest BCUT2D eigenvalue weighted by Crippen LogP contribution is -2.36. The highest BCUT2D eigenvalue weighted by molar-refractivity contribution is 6.06. The van der Waals surface area contributed by atoms with E-state index in [1.807, 2.05) is 0 Å². The minimum Gasteiger partial charge on any atom is -0.332 e. The number of hydrogen-bond donors (Lipinski definition) is 0. The Morgan fingerprint density at radius 1 is 1.06 bits per heavy atom. The Kier molecular flexibility index (Phi) is 4.59. The molecule has 12 heteroatoms. The topological polar surface area (TPSA) is 73.8 Å². The average Bonchev–Trinajstić information content (AvgIpc) is 3.42. The summed E-state index contributed by atoms with van der Waals surface area (Å²) in [4.78, 5) is 14.9. The zero-order valence-corrected chi connectivity index (χ0v) is 18.0. The van der Waals surface area contributed by atoms with Gasteiger partial charge >= 0.3 is 6.18 Å². The van der Waals surface area contributed by atoms with Crippen LogP contribution in [0.1, 0.15) is 27.3 Å². The summed E-state index contributed by atoms with van der Waals surface area (Å²) >= 11 is 0. The Labute approximate surface area is 185 Å². The van der Waals surface area contributed by atoms with Crippen molar-refractivity contribution in [1.82, 2.24) is 34.2 Å². The minimum atomic E-state index is -4.55. The number of aryl methyl sites for hydroxylation is 3. The van der Waals surface area contributed by atoms with Crippen LogP contribution in [0.4, 0.5) is 17.6 Å². The molecule has 172 valence electrons. The third kappa shape index (κ3) is 3.28. The van der Waals surface area contributed by atoms with Crippen LogP contribution in [-0.2, 0) is 40.3 Å². The van der Waals surface area contributed by atoms with E-state index < -0.39 is 17.7 Å². The molecule has 0 N–H and O–H groups in total. The van der Waals surface area contributed by atoms with E-state index in [4.69, 9.17) is 0 Å². The molecule has 0 unspecified atom stereocenters. The van der Waals surface area contributed by atoms with Gasteiger partial charge in [-0.1, -0.05) is 0 Å². The molecule has 8 nitrogen and oxygen atoms in total. The van der Waals surface area contributed by atoms with Gasteiger partial charge in [-0.05, 0) is 24.6 Å². The first-order valence-corrected chi connectivity index (χ1v) is 10.1. The van der Waals surface area contributed by atoms with E-state index in [1.54, 1.807) is 19.0 Å². The molecule has 0 spiro atoms. The maximum Gasteiger partial charge on any atom is 0.435 e. The van der Waals surface area contributed by atoms with Gasteiger partial charge < -0.3 is 4.90 Å². The molecule has 1 aromatic carbocycles. The van der Waals surface area contributed by atoms with E-state index >= 15 is 0 Å². The lowest BCUT2D eigenvalue weighted by molar-refractivity contribution is -0.141. The first kappa shape index (κ1) is 21.2. The second-order valence-electron chi connectivity index (χ2n) is 8.04. The van der Waals surface area contributed by atoms with Crippen LogP contribution in [0.25, 0.3) is 22.3 Å². The molecule has 5 rings (SSSR count). The third-order valence-corrected chi connectivity index (χ3v) is 5.98. The second-order valence-corrected chi connectivity index (χ2v) is 8.04. The smallest absolute Gasteiger partial charge is 0.332 e. The first-order valence-electron chi connectivity index (χ1n) is 10.1. The van der Waals surface area contributed by atoms with Gasteiger partial charge in [-0.3, -0.25) is 18.8 Å². The van der Waals surface area contributed by atoms with E-state index in [0.29, 0.717) is 41.0 Å². The Balaban J connectivity index is 1.49. The average molecular weight is 461 g/mol. The van der Waals surface area contributed by atoms with Crippen molar-refractivity contribution in [2.75, 3.05) is 6.54 Å². The van der Waals surface area contributed by atoms with Crippen LogP contribution in [0, 0.1) is 5.82 Å². The Hall–Kier alpha value is -3.70. The normalized spacial score (nSPS) is 14.2. The van der Waals surface area contributed by atoms with Crippen molar-refractivity contribution in [1.29, 1.82) is 0 Å². The van der Waals surface area contributed by atoms with Gasteiger partial charge in [0.1, 0.15) is 11.3 Å². The number of halogens is 4. The SMILES string of the molecule is Cn1nc(C(F)(F)F)cc1-c1c2c(nn1C)CN(C(=O)c1ccc(F)c3c1cnn3C)CC2. The van der Waals surface area contributed by atoms with Crippen LogP contribution in [-0.4, -0.2) is 46.7 Å². The standard InChI is InChI=1S/C21H19F4N7O/c1-29-16(8-17(28-29)21(23,24)25)19-12-6-7-32(10-15(12)27-31(19)3)20(33)11-4-5-14(22)18-13(11)9-26-30(18)2/h4-5,8-9H,6-7,10H2,1-3H3. The molecule has 0 saturated heterocycles. The quantitative estimate of drug-likeness (QED) is 0.430. The number of carbonyl (C=O) groups is 1. The fraction of sp³-hybridized carbons (Fsp3) is 0.333. The maximum absolute atomic E-state index is 14.2. The lowest BCUT2D eigenvalue weighted by Gasteiger charge is -2.27. The second kappa shape index (κ2) is 7.15. The van der Waals surface area contributed by atoms with Crippen molar-refractivity contribution < 1.29 is 22.4 Å². The summed E-state index contributed by atoms with van der Waals surface area (Å²) in [5, 5.41) is 12.5. The van der Waals surface area contributed by atoms with Gasteiger partial charge in [0.05, 0.1) is 35.4 Å². The fourth-order valence-corrected chi connectivity index (χ4v) is 4.44. The van der Waals surface area contributed by atoms with Gasteiger partial charge in [-0.15, -0.1) is 0 Å². The molecular weight excluding hydrogens is 442 g/mol. The summed E-state index contributed by atoms with van der Waals surface area (Å²) < 4.78 is 57.7. The zero-order chi connectivity index (χ0) is 23.7. The predicted octanol–water partition coefficient (Wildman–Crippen LogP) is 3.06. The highest BCUT2D eigenvalue weighted by Gasteiger charge is 2.36. The number of aromatic nitrogens is 6. The summed E-state index contributed by atoms with van der Waals surface area (Å²) in [6.07, 6.45) is -2.68. The van der Waals surface area contributed by atoms with Crippen LogP contribution in [0.3, 0.4) is 0 Å². The van der Waals surface area contributed by atoms with Gasteiger partial charge in [-0.2, -0.15) is 28.5 Å². The summed E-state index contributed by atoms with van der Waals surface area (Å²) in [5.41, 5.74) is 1.83. The van der Waals surface area contributed by atoms with Crippen LogP contribution < -0.4 is 0 Å². The molecule has 0 fully saturated rings. The van der Waals surface area contributed by atoms with Crippen molar-refractivity contribution in [3.8, 4) is 11.4 Å². The van der Waals surface area contributed by atoms with Gasteiger partial charge in [0.2, 0.25) is 0 Å². The molecule has 3 aromatic heterocycles. The number of benzene rings is 1. The fourth-order valence-electron chi connectivity index (χ4n) is 4.44. The van der Waals surface area contributed by atoms with E-state index in [-0.39, 0.29) is 18.0 Å². The van der Waals surface area contributed by atoms with Gasteiger partial charge in [0, 0.05) is 38.6 Å². The van der Waals surface area contributed by atoms with E-state index in [2.05, 4.69) is 15.3 Å². The summed E-state index contributed by atoms with van der Waals surface area (Å²) in [6.45, 7) is 0.527. The van der Waals surface area contributed by atoms with Crippen molar-refractivity contribution in [3.05, 3.63) is 52.7 Å². The van der Waals surface area contributed by atoms with Gasteiger partial charge in [-0.25, -0.2) is 4.39 Å². The number of nitrogens with zero attached hydrogens (tertiary/aromatic N) is 7. The molecule has 1 aliphatic heterocycles. The number of alkyl halides is 3. The number of rotatable bonds is 2. The number of carbonyl (C=O) groups excluding carboxylic acids is 1. The van der Waals surface area contributed by atoms with Crippen LogP contribution in [0.2, 0.25) is 0 Å². The van der Waals surface area contributed by atoms with Gasteiger partial charge in [0.15, 0.2) is 5.69 Å². The molecule has 0 aliphatic carbocycles. The third-order valence-electron chi connectivity index (χ3n) is 5.98. The number of amides is 1. The summed E-state index contributed by atoms with van der Waals surface area (Å²) in [6, 6.07) is 3.69. The highest BCUT2D eigenvalue weighted by atomic mass is 19.4. The molecule has 4 heterocycles. The van der Waals surface area contributed by atoms with Crippen molar-refractivity contribution >= 4 is 16.8 Å². The van der Waals surface area contributed by atoms with E-state index in [9.17, 15) is 22.4 Å². The molecule has 0 saturated carbocycles. The summed E-state index contributed by atoms with van der Waals surface area (Å²) in [7, 11) is 4.71. The summed E-state index contributed by atoms with van der Waals surface area (Å²) in [5.74, 6) is -0.753. The molecule has 0 radical (unpaired) electrons. The molecule has 1 aliphatic rings. The molecule has 33 heavy (non-hydrogen) atoms. The molecular formula is C21H19F4N7O. The largest absolute Gasteiger partial charge is 0.435 e.